The molecular weight excluding hydrogens is 582 g/mol. The summed E-state index contributed by atoms with van der Waals surface area (Å²) in [5.74, 6) is 1.17. The van der Waals surface area contributed by atoms with Gasteiger partial charge in [0.05, 0.1) is 11.7 Å². The number of imidazole rings is 1. The fraction of sp³-hybridized carbons (Fsp3) is 0.382. The molecule has 6 rings (SSSR count). The van der Waals surface area contributed by atoms with Gasteiger partial charge in [-0.3, -0.25) is 18.8 Å². The average molecular weight is 622 g/mol. The summed E-state index contributed by atoms with van der Waals surface area (Å²) in [5, 5.41) is 10.0. The molecule has 0 saturated carbocycles. The number of nitriles is 1. The number of amides is 1. The van der Waals surface area contributed by atoms with Crippen LogP contribution in [0.2, 0.25) is 0 Å². The Morgan fingerprint density at radius 3 is 2.37 bits per heavy atom. The molecule has 2 N–H and O–H groups in total. The number of carbonyl (C=O) groups excluding carboxylic acids is 1. The van der Waals surface area contributed by atoms with E-state index < -0.39 is 5.54 Å². The maximum atomic E-state index is 14.0. The van der Waals surface area contributed by atoms with E-state index in [9.17, 15) is 14.9 Å². The van der Waals surface area contributed by atoms with Gasteiger partial charge in [-0.25, -0.2) is 14.8 Å². The van der Waals surface area contributed by atoms with Gasteiger partial charge in [-0.1, -0.05) is 25.1 Å². The van der Waals surface area contributed by atoms with Gasteiger partial charge >= 0.3 is 5.69 Å². The summed E-state index contributed by atoms with van der Waals surface area (Å²) in [7, 11) is 0. The van der Waals surface area contributed by atoms with Crippen LogP contribution in [0.15, 0.2) is 77.4 Å². The van der Waals surface area contributed by atoms with Gasteiger partial charge in [0.15, 0.2) is 11.5 Å². The number of ether oxygens (including phenoxy) is 1. The Labute approximate surface area is 267 Å². The number of nitrogens with two attached hydrogens (primary N) is 1. The maximum absolute atomic E-state index is 14.0. The molecule has 1 atom stereocenters. The summed E-state index contributed by atoms with van der Waals surface area (Å²) < 4.78 is 8.95. The van der Waals surface area contributed by atoms with E-state index in [-0.39, 0.29) is 35.6 Å². The van der Waals surface area contributed by atoms with E-state index in [1.54, 1.807) is 39.8 Å². The van der Waals surface area contributed by atoms with Crippen LogP contribution in [0.4, 0.5) is 5.82 Å². The Hall–Kier alpha value is -4.99. The van der Waals surface area contributed by atoms with Crippen LogP contribution in [0, 0.1) is 11.3 Å². The Bertz CT molecular complexity index is 1850. The van der Waals surface area contributed by atoms with Gasteiger partial charge in [-0.2, -0.15) is 5.26 Å². The van der Waals surface area contributed by atoms with Crippen LogP contribution in [-0.4, -0.2) is 90.6 Å². The number of fused-ring (bicyclic) bond motifs is 1. The molecule has 12 heteroatoms. The molecule has 0 bridgehead atoms. The molecule has 1 amide bonds. The summed E-state index contributed by atoms with van der Waals surface area (Å²) >= 11 is 0. The zero-order valence-corrected chi connectivity index (χ0v) is 26.5. The van der Waals surface area contributed by atoms with Gasteiger partial charge in [-0.15, -0.1) is 0 Å². The third-order valence-electron chi connectivity index (χ3n) is 9.09. The van der Waals surface area contributed by atoms with E-state index in [0.29, 0.717) is 41.3 Å². The molecule has 4 heterocycles. The first kappa shape index (κ1) is 31.0. The highest BCUT2D eigenvalue weighted by Gasteiger charge is 2.37. The summed E-state index contributed by atoms with van der Waals surface area (Å²) in [4.78, 5) is 42.6. The first-order valence-electron chi connectivity index (χ1n) is 15.7. The van der Waals surface area contributed by atoms with Crippen LogP contribution in [-0.2, 0) is 11.3 Å². The second kappa shape index (κ2) is 12.8. The van der Waals surface area contributed by atoms with Crippen molar-refractivity contribution in [2.24, 2.45) is 0 Å². The minimum absolute atomic E-state index is 0.117. The lowest BCUT2D eigenvalue weighted by Crippen LogP contribution is -2.55. The van der Waals surface area contributed by atoms with Crippen LogP contribution >= 0.6 is 0 Å². The smallest absolute Gasteiger partial charge is 0.335 e. The fourth-order valence-corrected chi connectivity index (χ4v) is 6.28. The number of rotatable bonds is 9. The van der Waals surface area contributed by atoms with Crippen molar-refractivity contribution in [3.63, 3.8) is 0 Å². The normalized spacial score (nSPS) is 17.9. The van der Waals surface area contributed by atoms with Gasteiger partial charge in [-0.05, 0) is 69.3 Å². The molecule has 46 heavy (non-hydrogen) atoms. The standard InChI is InChI=1S/C34H39N9O3/c1-4-39-16-18-40(19-17-39)34(2,3)20-24(21-35)32(44)41-15-14-26(41)22-42-31-29(30(36)37-23-38-31)43(33(42)45)25-10-12-28(13-11-25)46-27-8-6-5-7-9-27/h5-13,20,23,26H,4,14-19,22H2,1-3H3,(H2,36,37,38)/t26-/m0/s1. The predicted molar refractivity (Wildman–Crippen MR) is 176 cm³/mol. The van der Waals surface area contributed by atoms with Gasteiger partial charge in [0, 0.05) is 44.8 Å². The van der Waals surface area contributed by atoms with Crippen LogP contribution in [0.5, 0.6) is 11.5 Å². The van der Waals surface area contributed by atoms with Crippen LogP contribution in [0.25, 0.3) is 16.9 Å². The molecule has 2 aromatic heterocycles. The van der Waals surface area contributed by atoms with Crippen molar-refractivity contribution >= 4 is 22.9 Å². The molecule has 0 unspecified atom stereocenters. The van der Waals surface area contributed by atoms with Crippen LogP contribution in [0.1, 0.15) is 27.2 Å². The van der Waals surface area contributed by atoms with Crippen molar-refractivity contribution in [3.8, 4) is 23.3 Å². The number of benzene rings is 2. The molecule has 2 saturated heterocycles. The average Bonchev–Trinajstić information content (AvgIpc) is 3.34. The van der Waals surface area contributed by atoms with E-state index in [0.717, 1.165) is 32.7 Å². The number of aromatic nitrogens is 4. The first-order valence-corrected chi connectivity index (χ1v) is 15.7. The minimum Gasteiger partial charge on any atom is -0.457 e. The van der Waals surface area contributed by atoms with Crippen molar-refractivity contribution < 1.29 is 9.53 Å². The van der Waals surface area contributed by atoms with Gasteiger partial charge in [0.1, 0.15) is 35.0 Å². The Morgan fingerprint density at radius 1 is 1.04 bits per heavy atom. The van der Waals surface area contributed by atoms with Crippen molar-refractivity contribution in [1.29, 1.82) is 5.26 Å². The van der Waals surface area contributed by atoms with E-state index >= 15 is 0 Å². The van der Waals surface area contributed by atoms with Crippen LogP contribution in [0.3, 0.4) is 0 Å². The number of hydrogen-bond acceptors (Lipinski definition) is 9. The molecule has 4 aromatic rings. The highest BCUT2D eigenvalue weighted by atomic mass is 16.5. The molecule has 0 spiro atoms. The predicted octanol–water partition coefficient (Wildman–Crippen LogP) is 3.42. The monoisotopic (exact) mass is 621 g/mol. The molecule has 0 radical (unpaired) electrons. The highest BCUT2D eigenvalue weighted by molar-refractivity contribution is 5.98. The third kappa shape index (κ3) is 5.99. The SMILES string of the molecule is CCN1CCN(C(C)(C)C=C(C#N)C(=O)N2CC[C@H]2Cn2c(=O)n(-c3ccc(Oc4ccccc4)cc3)c3c(N)ncnc32)CC1. The first-order chi connectivity index (χ1) is 22.2. The quantitative estimate of drug-likeness (QED) is 0.220. The lowest BCUT2D eigenvalue weighted by atomic mass is 9.95. The second-order valence-corrected chi connectivity index (χ2v) is 12.3. The lowest BCUT2D eigenvalue weighted by Gasteiger charge is -2.43. The van der Waals surface area contributed by atoms with E-state index in [1.165, 1.54) is 10.9 Å². The highest BCUT2D eigenvalue weighted by Crippen LogP contribution is 2.28. The van der Waals surface area contributed by atoms with Gasteiger partial charge < -0.3 is 20.3 Å². The number of para-hydroxylation sites is 1. The molecule has 0 aliphatic carbocycles. The third-order valence-corrected chi connectivity index (χ3v) is 9.09. The van der Waals surface area contributed by atoms with Crippen molar-refractivity contribution in [2.45, 2.75) is 45.3 Å². The van der Waals surface area contributed by atoms with E-state index in [4.69, 9.17) is 10.5 Å². The van der Waals surface area contributed by atoms with Crippen molar-refractivity contribution in [2.75, 3.05) is 45.0 Å². The summed E-state index contributed by atoms with van der Waals surface area (Å²) in [5.41, 5.74) is 6.96. The molecule has 2 fully saturated rings. The minimum atomic E-state index is -0.457. The number of anilines is 1. The van der Waals surface area contributed by atoms with Gasteiger partial charge in [0.25, 0.3) is 5.91 Å². The number of carbonyl (C=O) groups is 1. The number of likely N-dealkylation sites (tertiary alicyclic amines) is 1. The molecule has 238 valence electrons. The maximum Gasteiger partial charge on any atom is 0.335 e. The molecular formula is C34H39N9O3. The number of nitrogens with zero attached hydrogens (tertiary/aromatic N) is 8. The zero-order chi connectivity index (χ0) is 32.4. The summed E-state index contributed by atoms with van der Waals surface area (Å²) in [6, 6.07) is 18.4. The Kier molecular flexibility index (Phi) is 8.62. The number of likely N-dealkylation sites (N-methyl/N-ethyl adjacent to an activating group) is 1. The topological polar surface area (TPSA) is 139 Å². The largest absolute Gasteiger partial charge is 0.457 e. The second-order valence-electron chi connectivity index (χ2n) is 12.3. The zero-order valence-electron chi connectivity index (χ0n) is 26.5. The molecule has 12 nitrogen and oxygen atoms in total. The number of nitrogen functional groups attached to an aromatic ring is 1. The molecule has 2 aliphatic heterocycles. The number of piperazine rings is 1. The van der Waals surface area contributed by atoms with E-state index in [1.807, 2.05) is 44.2 Å². The summed E-state index contributed by atoms with van der Waals surface area (Å²) in [6.07, 6.45) is 3.82. The lowest BCUT2D eigenvalue weighted by molar-refractivity contribution is -0.134. The Balaban J connectivity index is 1.24. The van der Waals surface area contributed by atoms with Gasteiger partial charge in [0.2, 0.25) is 0 Å². The molecule has 2 aliphatic rings. The van der Waals surface area contributed by atoms with Crippen molar-refractivity contribution in [1.82, 2.24) is 33.8 Å². The molecule has 2 aromatic carbocycles. The summed E-state index contributed by atoms with van der Waals surface area (Å²) in [6.45, 7) is 11.6. The number of hydrogen-bond donors (Lipinski definition) is 1. The fourth-order valence-electron chi connectivity index (χ4n) is 6.28. The van der Waals surface area contributed by atoms with Crippen molar-refractivity contribution in [3.05, 3.63) is 83.1 Å². The Morgan fingerprint density at radius 2 is 1.74 bits per heavy atom. The van der Waals surface area contributed by atoms with Crippen LogP contribution < -0.4 is 16.2 Å². The van der Waals surface area contributed by atoms with E-state index in [2.05, 4.69) is 32.8 Å².